The number of carbonyl (C=O) groups is 2. The largest absolute Gasteiger partial charge is 0.495 e. The lowest BCUT2D eigenvalue weighted by Crippen LogP contribution is -2.44. The zero-order chi connectivity index (χ0) is 23.8. The number of amides is 3. The van der Waals surface area contributed by atoms with Gasteiger partial charge in [-0.2, -0.15) is 5.26 Å². The van der Waals surface area contributed by atoms with Gasteiger partial charge in [0.05, 0.1) is 31.2 Å². The number of benzene rings is 1. The van der Waals surface area contributed by atoms with Gasteiger partial charge in [-0.05, 0) is 50.4 Å². The van der Waals surface area contributed by atoms with Gasteiger partial charge < -0.3 is 20.3 Å². The van der Waals surface area contributed by atoms with E-state index >= 15 is 0 Å². The number of ether oxygens (including phenoxy) is 1. The number of methoxy groups -OCH3 is 1. The average molecular weight is 472 g/mol. The Morgan fingerprint density at radius 1 is 1.24 bits per heavy atom. The minimum absolute atomic E-state index is 0.119. The molecule has 0 unspecified atom stereocenters. The smallest absolute Gasteiger partial charge is 0.325 e. The molecule has 3 amide bonds. The zero-order valence-electron chi connectivity index (χ0n) is 18.5. The maximum atomic E-state index is 12.4. The third-order valence-corrected chi connectivity index (χ3v) is 5.61. The molecule has 1 aliphatic rings. The normalized spacial score (nSPS) is 13.8. The van der Waals surface area contributed by atoms with Crippen molar-refractivity contribution in [2.75, 3.05) is 37.4 Å². The zero-order valence-corrected chi connectivity index (χ0v) is 19.3. The minimum Gasteiger partial charge on any atom is -0.495 e. The number of anilines is 2. The molecule has 10 nitrogen and oxygen atoms in total. The van der Waals surface area contributed by atoms with E-state index in [2.05, 4.69) is 25.9 Å². The highest BCUT2D eigenvalue weighted by atomic mass is 35.5. The summed E-state index contributed by atoms with van der Waals surface area (Å²) >= 11 is 6.43. The number of nitrogens with zero attached hydrogens (tertiary/aromatic N) is 4. The molecule has 0 spiro atoms. The van der Waals surface area contributed by atoms with Crippen LogP contribution in [-0.4, -0.2) is 59.6 Å². The number of aromatic nitrogens is 2. The highest BCUT2D eigenvalue weighted by molar-refractivity contribution is 6.31. The first-order chi connectivity index (χ1) is 15.9. The Hall–Kier alpha value is -3.42. The van der Waals surface area contributed by atoms with Gasteiger partial charge in [-0.1, -0.05) is 11.6 Å². The molecule has 0 saturated carbocycles. The van der Waals surface area contributed by atoms with Crippen LogP contribution in [0.5, 0.6) is 5.75 Å². The van der Waals surface area contributed by atoms with Gasteiger partial charge in [0.1, 0.15) is 11.8 Å². The average Bonchev–Trinajstić information content (AvgIpc) is 3.35. The summed E-state index contributed by atoms with van der Waals surface area (Å²) in [4.78, 5) is 34.4. The molecule has 2 heterocycles. The van der Waals surface area contributed by atoms with E-state index in [1.807, 2.05) is 17.9 Å². The van der Waals surface area contributed by atoms with Crippen LogP contribution < -0.4 is 20.7 Å². The van der Waals surface area contributed by atoms with E-state index in [4.69, 9.17) is 21.6 Å². The van der Waals surface area contributed by atoms with E-state index in [1.54, 1.807) is 12.1 Å². The number of rotatable bonds is 8. The van der Waals surface area contributed by atoms with Crippen molar-refractivity contribution >= 4 is 35.0 Å². The molecular weight excluding hydrogens is 446 g/mol. The van der Waals surface area contributed by atoms with Gasteiger partial charge >= 0.3 is 6.03 Å². The summed E-state index contributed by atoms with van der Waals surface area (Å²) in [7, 11) is 1.50. The molecule has 0 bridgehead atoms. The van der Waals surface area contributed by atoms with Crippen LogP contribution in [0.2, 0.25) is 5.02 Å². The molecule has 0 aliphatic carbocycles. The highest BCUT2D eigenvalue weighted by Gasteiger charge is 2.22. The van der Waals surface area contributed by atoms with Crippen LogP contribution in [0.25, 0.3) is 0 Å². The highest BCUT2D eigenvalue weighted by Crippen LogP contribution is 2.31. The molecule has 1 aromatic carbocycles. The number of hydrogen-bond acceptors (Lipinski definition) is 7. The van der Waals surface area contributed by atoms with Gasteiger partial charge in [0.15, 0.2) is 11.5 Å². The standard InChI is InChI=1S/C22H26ClN7O3/c1-14(21(31)30-7-3-4-8-30)25-6-5-15-9-19(33-2)18(10-17(15)23)28-22(32)29-20-13-26-16(11-24)12-27-20/h9-10,12-14,25H,3-8H2,1-2H3,(H2,27,28,29,32)/t14-/m1/s1. The topological polar surface area (TPSA) is 132 Å². The molecule has 1 aromatic heterocycles. The van der Waals surface area contributed by atoms with Crippen molar-refractivity contribution in [3.8, 4) is 11.8 Å². The summed E-state index contributed by atoms with van der Waals surface area (Å²) in [6, 6.07) is 4.40. The summed E-state index contributed by atoms with van der Waals surface area (Å²) in [6.45, 7) is 4.09. The number of nitrogens with one attached hydrogen (secondary N) is 3. The summed E-state index contributed by atoms with van der Waals surface area (Å²) < 4.78 is 5.41. The SMILES string of the molecule is COc1cc(CCN[C@H](C)C(=O)N2CCCC2)c(Cl)cc1NC(=O)Nc1cnc(C#N)cn1. The van der Waals surface area contributed by atoms with Crippen LogP contribution in [0.4, 0.5) is 16.3 Å². The van der Waals surface area contributed by atoms with Crippen molar-refractivity contribution in [2.45, 2.75) is 32.2 Å². The van der Waals surface area contributed by atoms with Crippen molar-refractivity contribution in [1.29, 1.82) is 5.26 Å². The number of likely N-dealkylation sites (tertiary alicyclic amines) is 1. The first kappa shape index (κ1) is 24.2. The molecule has 1 saturated heterocycles. The van der Waals surface area contributed by atoms with Gasteiger partial charge in [0, 0.05) is 18.1 Å². The van der Waals surface area contributed by atoms with Crippen molar-refractivity contribution in [3.63, 3.8) is 0 Å². The Balaban J connectivity index is 1.57. The molecule has 1 atom stereocenters. The molecule has 3 rings (SSSR count). The Labute approximate surface area is 197 Å². The Kier molecular flexibility index (Phi) is 8.40. The number of carbonyl (C=O) groups excluding carboxylic acids is 2. The molecular formula is C22H26ClN7O3. The fourth-order valence-electron chi connectivity index (χ4n) is 3.50. The lowest BCUT2D eigenvalue weighted by Gasteiger charge is -2.21. The van der Waals surface area contributed by atoms with E-state index < -0.39 is 6.03 Å². The summed E-state index contributed by atoms with van der Waals surface area (Å²) in [5, 5.41) is 17.7. The predicted octanol–water partition coefficient (Wildman–Crippen LogP) is 2.80. The van der Waals surface area contributed by atoms with Crippen molar-refractivity contribution < 1.29 is 14.3 Å². The number of halogens is 1. The van der Waals surface area contributed by atoms with E-state index in [1.165, 1.54) is 19.5 Å². The van der Waals surface area contributed by atoms with Gasteiger partial charge in [0.25, 0.3) is 0 Å². The van der Waals surface area contributed by atoms with Crippen molar-refractivity contribution in [3.05, 3.63) is 40.8 Å². The van der Waals surface area contributed by atoms with E-state index in [0.29, 0.717) is 29.4 Å². The summed E-state index contributed by atoms with van der Waals surface area (Å²) in [6.07, 6.45) is 5.25. The van der Waals surface area contributed by atoms with E-state index in [0.717, 1.165) is 31.5 Å². The first-order valence-electron chi connectivity index (χ1n) is 10.6. The second-order valence-corrected chi connectivity index (χ2v) is 7.99. The van der Waals surface area contributed by atoms with Gasteiger partial charge in [-0.25, -0.2) is 14.8 Å². The van der Waals surface area contributed by atoms with Crippen LogP contribution in [0.3, 0.4) is 0 Å². The Bertz CT molecular complexity index is 1030. The number of hydrogen-bond donors (Lipinski definition) is 3. The second kappa shape index (κ2) is 11.4. The summed E-state index contributed by atoms with van der Waals surface area (Å²) in [5.41, 5.74) is 1.36. The second-order valence-electron chi connectivity index (χ2n) is 7.58. The molecule has 1 aliphatic heterocycles. The fraction of sp³-hybridized carbons (Fsp3) is 0.409. The maximum Gasteiger partial charge on any atom is 0.325 e. The van der Waals surface area contributed by atoms with Crippen LogP contribution in [0, 0.1) is 11.3 Å². The molecule has 2 aromatic rings. The Morgan fingerprint density at radius 3 is 2.64 bits per heavy atom. The minimum atomic E-state index is -0.563. The Morgan fingerprint density at radius 2 is 2.00 bits per heavy atom. The first-order valence-corrected chi connectivity index (χ1v) is 11.0. The monoisotopic (exact) mass is 471 g/mol. The lowest BCUT2D eigenvalue weighted by molar-refractivity contribution is -0.131. The third-order valence-electron chi connectivity index (χ3n) is 5.26. The molecule has 33 heavy (non-hydrogen) atoms. The molecule has 1 fully saturated rings. The van der Waals surface area contributed by atoms with Crippen molar-refractivity contribution in [1.82, 2.24) is 20.2 Å². The number of nitriles is 1. The van der Waals surface area contributed by atoms with Crippen LogP contribution in [0.15, 0.2) is 24.5 Å². The lowest BCUT2D eigenvalue weighted by atomic mass is 10.1. The maximum absolute atomic E-state index is 12.4. The van der Waals surface area contributed by atoms with E-state index in [9.17, 15) is 9.59 Å². The van der Waals surface area contributed by atoms with Gasteiger partial charge in [-0.15, -0.1) is 0 Å². The van der Waals surface area contributed by atoms with E-state index in [-0.39, 0.29) is 23.5 Å². The summed E-state index contributed by atoms with van der Waals surface area (Å²) in [5.74, 6) is 0.752. The van der Waals surface area contributed by atoms with Gasteiger partial charge in [-0.3, -0.25) is 10.1 Å². The third kappa shape index (κ3) is 6.54. The molecule has 3 N–H and O–H groups in total. The molecule has 0 radical (unpaired) electrons. The van der Waals surface area contributed by atoms with Crippen molar-refractivity contribution in [2.24, 2.45) is 0 Å². The van der Waals surface area contributed by atoms with Crippen LogP contribution >= 0.6 is 11.6 Å². The van der Waals surface area contributed by atoms with Crippen LogP contribution in [-0.2, 0) is 11.2 Å². The number of urea groups is 1. The molecule has 174 valence electrons. The van der Waals surface area contributed by atoms with Gasteiger partial charge in [0.2, 0.25) is 5.91 Å². The fourth-order valence-corrected chi connectivity index (χ4v) is 3.75. The predicted molar refractivity (Wildman–Crippen MR) is 124 cm³/mol. The molecule has 11 heteroatoms. The van der Waals surface area contributed by atoms with Crippen LogP contribution in [0.1, 0.15) is 31.0 Å². The quantitative estimate of drug-likeness (QED) is 0.539.